The van der Waals surface area contributed by atoms with Gasteiger partial charge >= 0.3 is 0 Å². The minimum atomic E-state index is -3.90. The quantitative estimate of drug-likeness (QED) is 0.597. The molecule has 5 nitrogen and oxygen atoms in total. The second kappa shape index (κ2) is 7.35. The van der Waals surface area contributed by atoms with Crippen LogP contribution in [0, 0.1) is 0 Å². The molecule has 0 N–H and O–H groups in total. The van der Waals surface area contributed by atoms with Crippen LogP contribution in [0.2, 0.25) is 5.02 Å². The van der Waals surface area contributed by atoms with Crippen LogP contribution in [0.4, 0.5) is 5.13 Å². The predicted molar refractivity (Wildman–Crippen MR) is 98.9 cm³/mol. The minimum Gasteiger partial charge on any atom is -0.292 e. The second-order valence-corrected chi connectivity index (χ2v) is 8.24. The number of thiazole rings is 1. The summed E-state index contributed by atoms with van der Waals surface area (Å²) in [7, 11) is -3.90. The Morgan fingerprint density at radius 2 is 1.76 bits per heavy atom. The third-order valence-corrected chi connectivity index (χ3v) is 6.33. The number of carbonyl (C=O) groups is 1. The highest BCUT2D eigenvalue weighted by Gasteiger charge is 2.29. The van der Waals surface area contributed by atoms with Gasteiger partial charge in [-0.2, -0.15) is 0 Å². The summed E-state index contributed by atoms with van der Waals surface area (Å²) in [5, 5.41) is 2.41. The summed E-state index contributed by atoms with van der Waals surface area (Å²) >= 11 is 6.98. The molecule has 0 amide bonds. The Labute approximate surface area is 154 Å². The first-order chi connectivity index (χ1) is 12.0. The van der Waals surface area contributed by atoms with Crippen LogP contribution in [0.3, 0.4) is 0 Å². The molecule has 0 radical (unpaired) electrons. The average molecular weight is 393 g/mol. The number of sulfonamides is 1. The molecule has 0 fully saturated rings. The van der Waals surface area contributed by atoms with Gasteiger partial charge in [0, 0.05) is 22.2 Å². The summed E-state index contributed by atoms with van der Waals surface area (Å²) in [6.45, 7) is -0.341. The van der Waals surface area contributed by atoms with E-state index in [9.17, 15) is 13.2 Å². The Hall–Kier alpha value is -2.22. The standard InChI is InChI=1S/C17H13ClN2O3S2/c18-14-8-6-13(7-9-14)16(21)12-20(17-19-10-11-24-17)25(22,23)15-4-2-1-3-5-15/h1-11H,12H2. The van der Waals surface area contributed by atoms with E-state index in [-0.39, 0.29) is 22.4 Å². The number of carbonyl (C=O) groups excluding carboxylic acids is 1. The lowest BCUT2D eigenvalue weighted by Crippen LogP contribution is -2.35. The van der Waals surface area contributed by atoms with Crippen LogP contribution < -0.4 is 4.31 Å². The van der Waals surface area contributed by atoms with E-state index < -0.39 is 10.0 Å². The maximum atomic E-state index is 13.0. The van der Waals surface area contributed by atoms with E-state index in [2.05, 4.69) is 4.98 Å². The number of benzene rings is 2. The predicted octanol–water partition coefficient (Wildman–Crippen LogP) is 3.87. The summed E-state index contributed by atoms with van der Waals surface area (Å²) in [6, 6.07) is 14.3. The molecule has 8 heteroatoms. The van der Waals surface area contributed by atoms with Crippen molar-refractivity contribution in [2.45, 2.75) is 4.90 Å². The van der Waals surface area contributed by atoms with Gasteiger partial charge in [0.1, 0.15) is 6.54 Å². The molecule has 0 unspecified atom stereocenters. The Morgan fingerprint density at radius 3 is 2.36 bits per heavy atom. The molecule has 0 spiro atoms. The highest BCUT2D eigenvalue weighted by molar-refractivity contribution is 7.93. The zero-order valence-electron chi connectivity index (χ0n) is 12.9. The lowest BCUT2D eigenvalue weighted by Gasteiger charge is -2.21. The van der Waals surface area contributed by atoms with E-state index in [0.29, 0.717) is 10.6 Å². The molecule has 0 saturated heterocycles. The number of hydrogen-bond donors (Lipinski definition) is 0. The summed E-state index contributed by atoms with van der Waals surface area (Å²) < 4.78 is 27.0. The molecule has 0 aliphatic heterocycles. The zero-order chi connectivity index (χ0) is 17.9. The van der Waals surface area contributed by atoms with Gasteiger partial charge in [-0.3, -0.25) is 4.79 Å². The fraction of sp³-hybridized carbons (Fsp3) is 0.0588. The molecule has 1 aromatic heterocycles. The monoisotopic (exact) mass is 392 g/mol. The smallest absolute Gasteiger partial charge is 0.266 e. The highest BCUT2D eigenvalue weighted by atomic mass is 35.5. The summed E-state index contributed by atoms with van der Waals surface area (Å²) in [4.78, 5) is 16.7. The number of anilines is 1. The molecular weight excluding hydrogens is 380 g/mol. The minimum absolute atomic E-state index is 0.106. The van der Waals surface area contributed by atoms with Crippen molar-refractivity contribution in [3.8, 4) is 0 Å². The average Bonchev–Trinajstić information content (AvgIpc) is 3.15. The van der Waals surface area contributed by atoms with Crippen molar-refractivity contribution >= 4 is 43.9 Å². The van der Waals surface area contributed by atoms with Crippen LogP contribution >= 0.6 is 22.9 Å². The van der Waals surface area contributed by atoms with Gasteiger partial charge in [0.25, 0.3) is 10.0 Å². The molecule has 0 aliphatic rings. The Morgan fingerprint density at radius 1 is 1.08 bits per heavy atom. The fourth-order valence-electron chi connectivity index (χ4n) is 2.17. The van der Waals surface area contributed by atoms with Gasteiger partial charge in [-0.25, -0.2) is 17.7 Å². The van der Waals surface area contributed by atoms with Crippen LogP contribution in [0.25, 0.3) is 0 Å². The van der Waals surface area contributed by atoms with Gasteiger partial charge in [-0.05, 0) is 36.4 Å². The van der Waals surface area contributed by atoms with Crippen molar-refractivity contribution < 1.29 is 13.2 Å². The number of aromatic nitrogens is 1. The van der Waals surface area contributed by atoms with Crippen molar-refractivity contribution in [1.29, 1.82) is 0 Å². The molecule has 0 saturated carbocycles. The lowest BCUT2D eigenvalue weighted by molar-refractivity contribution is 0.100. The number of nitrogens with zero attached hydrogens (tertiary/aromatic N) is 2. The topological polar surface area (TPSA) is 67.3 Å². The first-order valence-corrected chi connectivity index (χ1v) is 9.94. The number of rotatable bonds is 6. The first-order valence-electron chi connectivity index (χ1n) is 7.24. The van der Waals surface area contributed by atoms with Crippen LogP contribution in [0.5, 0.6) is 0 Å². The molecule has 25 heavy (non-hydrogen) atoms. The van der Waals surface area contributed by atoms with Crippen LogP contribution in [0.15, 0.2) is 71.1 Å². The van der Waals surface area contributed by atoms with Gasteiger partial charge < -0.3 is 0 Å². The molecule has 2 aromatic carbocycles. The number of halogens is 1. The third-order valence-electron chi connectivity index (χ3n) is 3.42. The van der Waals surface area contributed by atoms with Crippen molar-refractivity contribution in [3.63, 3.8) is 0 Å². The molecule has 0 aliphatic carbocycles. The largest absolute Gasteiger partial charge is 0.292 e. The van der Waals surface area contributed by atoms with E-state index in [0.717, 1.165) is 15.6 Å². The van der Waals surface area contributed by atoms with Gasteiger partial charge in [0.2, 0.25) is 0 Å². The summed E-state index contributed by atoms with van der Waals surface area (Å²) in [5.74, 6) is -0.341. The van der Waals surface area contributed by atoms with Crippen LogP contribution in [-0.4, -0.2) is 25.7 Å². The third kappa shape index (κ3) is 3.89. The SMILES string of the molecule is O=C(CN(c1nccs1)S(=O)(=O)c1ccccc1)c1ccc(Cl)cc1. The van der Waals surface area contributed by atoms with E-state index in [1.807, 2.05) is 0 Å². The van der Waals surface area contributed by atoms with Gasteiger partial charge in [-0.1, -0.05) is 29.8 Å². The van der Waals surface area contributed by atoms with Crippen molar-refractivity contribution in [1.82, 2.24) is 4.98 Å². The van der Waals surface area contributed by atoms with E-state index in [1.54, 1.807) is 47.8 Å². The first kappa shape index (κ1) is 17.6. The number of ketones is 1. The Kier molecular flexibility index (Phi) is 5.17. The summed E-state index contributed by atoms with van der Waals surface area (Å²) in [6.07, 6.45) is 1.50. The molecule has 1 heterocycles. The van der Waals surface area contributed by atoms with E-state index in [4.69, 9.17) is 11.6 Å². The normalized spacial score (nSPS) is 11.2. The number of hydrogen-bond acceptors (Lipinski definition) is 5. The van der Waals surface area contributed by atoms with Gasteiger partial charge in [-0.15, -0.1) is 11.3 Å². The van der Waals surface area contributed by atoms with Crippen LogP contribution in [-0.2, 0) is 10.0 Å². The molecule has 128 valence electrons. The molecule has 3 rings (SSSR count). The van der Waals surface area contributed by atoms with E-state index in [1.165, 1.54) is 18.3 Å². The summed E-state index contributed by atoms with van der Waals surface area (Å²) in [5.41, 5.74) is 0.384. The van der Waals surface area contributed by atoms with Crippen molar-refractivity contribution in [2.24, 2.45) is 0 Å². The fourth-order valence-corrected chi connectivity index (χ4v) is 4.56. The number of Topliss-reactive ketones (excluding diaryl/α,β-unsaturated/α-hetero) is 1. The zero-order valence-corrected chi connectivity index (χ0v) is 15.3. The van der Waals surface area contributed by atoms with Gasteiger partial charge in [0.15, 0.2) is 10.9 Å². The molecular formula is C17H13ClN2O3S2. The van der Waals surface area contributed by atoms with E-state index >= 15 is 0 Å². The maximum Gasteiger partial charge on any atom is 0.266 e. The van der Waals surface area contributed by atoms with Gasteiger partial charge in [0.05, 0.1) is 4.90 Å². The Bertz CT molecular complexity index is 957. The maximum absolute atomic E-state index is 13.0. The van der Waals surface area contributed by atoms with Crippen LogP contribution in [0.1, 0.15) is 10.4 Å². The molecule has 0 bridgehead atoms. The molecule has 0 atom stereocenters. The van der Waals surface area contributed by atoms with Crippen molar-refractivity contribution in [2.75, 3.05) is 10.8 Å². The molecule has 3 aromatic rings. The lowest BCUT2D eigenvalue weighted by atomic mass is 10.1. The Balaban J connectivity index is 1.96. The second-order valence-electron chi connectivity index (χ2n) is 5.07. The highest BCUT2D eigenvalue weighted by Crippen LogP contribution is 2.26. The van der Waals surface area contributed by atoms with Crippen molar-refractivity contribution in [3.05, 3.63) is 76.8 Å².